The van der Waals surface area contributed by atoms with Gasteiger partial charge in [-0.05, 0) is 42.8 Å². The first kappa shape index (κ1) is 25.4. The molecule has 1 heterocycles. The van der Waals surface area contributed by atoms with Gasteiger partial charge in [-0.3, -0.25) is 5.32 Å². The van der Waals surface area contributed by atoms with Crippen molar-refractivity contribution in [3.05, 3.63) is 90.8 Å². The molecule has 10 nitrogen and oxygen atoms in total. The summed E-state index contributed by atoms with van der Waals surface area (Å²) < 4.78 is 37.8. The number of sulfonamides is 1. The molecule has 0 spiro atoms. The number of ether oxygens (including phenoxy) is 2. The van der Waals surface area contributed by atoms with E-state index in [9.17, 15) is 18.0 Å². The first-order valence-corrected chi connectivity index (χ1v) is 11.9. The number of nitrogens with one attached hydrogen (secondary N) is 1. The predicted molar refractivity (Wildman–Crippen MR) is 129 cm³/mol. The average molecular weight is 497 g/mol. The summed E-state index contributed by atoms with van der Waals surface area (Å²) in [5.74, 6) is -0.712. The van der Waals surface area contributed by atoms with Gasteiger partial charge >= 0.3 is 12.1 Å². The molecular weight excluding hydrogens is 472 g/mol. The van der Waals surface area contributed by atoms with E-state index in [-0.39, 0.29) is 36.2 Å². The van der Waals surface area contributed by atoms with Gasteiger partial charge in [-0.1, -0.05) is 36.9 Å². The van der Waals surface area contributed by atoms with Crippen molar-refractivity contribution >= 4 is 33.7 Å². The fourth-order valence-electron chi connectivity index (χ4n) is 2.81. The summed E-state index contributed by atoms with van der Waals surface area (Å²) in [6, 6.07) is 16.3. The lowest BCUT2D eigenvalue weighted by Gasteiger charge is -2.22. The van der Waals surface area contributed by atoms with E-state index in [1.165, 1.54) is 43.6 Å². The molecule has 0 unspecified atom stereocenters. The van der Waals surface area contributed by atoms with Crippen molar-refractivity contribution < 1.29 is 27.5 Å². The quantitative estimate of drug-likeness (QED) is 0.333. The van der Waals surface area contributed by atoms with Gasteiger partial charge in [0.1, 0.15) is 13.2 Å². The Kier molecular flexibility index (Phi) is 8.52. The molecule has 11 heteroatoms. The predicted octanol–water partition coefficient (Wildman–Crippen LogP) is 3.54. The molecule has 0 saturated heterocycles. The lowest BCUT2D eigenvalue weighted by Crippen LogP contribution is -2.36. The smallest absolute Gasteiger partial charge is 0.411 e. The van der Waals surface area contributed by atoms with E-state index in [2.05, 4.69) is 21.9 Å². The highest BCUT2D eigenvalue weighted by Gasteiger charge is 2.27. The average Bonchev–Trinajstić information content (AvgIpc) is 2.86. The van der Waals surface area contributed by atoms with Gasteiger partial charge in [-0.25, -0.2) is 32.3 Å². The highest BCUT2D eigenvalue weighted by molar-refractivity contribution is 7.92. The maximum Gasteiger partial charge on any atom is 0.411 e. The number of carbonyl (C=O) groups excluding carboxylic acids is 2. The molecule has 0 radical (unpaired) electrons. The van der Waals surface area contributed by atoms with Crippen LogP contribution in [0.3, 0.4) is 0 Å². The van der Waals surface area contributed by atoms with Crippen LogP contribution in [0.1, 0.15) is 12.5 Å². The zero-order valence-electron chi connectivity index (χ0n) is 19.0. The fourth-order valence-corrected chi connectivity index (χ4v) is 4.17. The lowest BCUT2D eigenvalue weighted by molar-refractivity contribution is -0.138. The summed E-state index contributed by atoms with van der Waals surface area (Å²) in [7, 11) is -4.11. The van der Waals surface area contributed by atoms with E-state index in [1.54, 1.807) is 6.07 Å². The monoisotopic (exact) mass is 496 g/mol. The molecule has 182 valence electrons. The van der Waals surface area contributed by atoms with Crippen LogP contribution in [0.25, 0.3) is 0 Å². The maximum absolute atomic E-state index is 13.3. The van der Waals surface area contributed by atoms with Crippen LogP contribution < -0.4 is 9.62 Å². The number of carbonyl (C=O) groups is 2. The first-order chi connectivity index (χ1) is 16.8. The Bertz CT molecular complexity index is 1270. The third-order valence-corrected chi connectivity index (χ3v) is 6.35. The van der Waals surface area contributed by atoms with E-state index < -0.39 is 22.1 Å². The second-order valence-electron chi connectivity index (χ2n) is 7.25. The molecule has 1 aromatic heterocycles. The Balaban J connectivity index is 1.69. The number of nitrogens with zero attached hydrogens (tertiary/aromatic N) is 3. The van der Waals surface area contributed by atoms with Crippen LogP contribution in [0, 0.1) is 0 Å². The molecule has 2 aromatic carbocycles. The Morgan fingerprint density at radius 3 is 2.26 bits per heavy atom. The standard InChI is InChI=1S/C24H24N4O6S/c1-18(2)22(29)33-16-15-28(23-25-13-6-14-26-23)35(31,32)21-11-9-20(10-12-21)27-24(30)34-17-19-7-4-3-5-8-19/h3-14H,1,15-17H2,2H3,(H,27,30). The number of anilines is 2. The highest BCUT2D eigenvalue weighted by Crippen LogP contribution is 2.22. The third kappa shape index (κ3) is 7.11. The molecule has 1 N–H and O–H groups in total. The van der Waals surface area contributed by atoms with Gasteiger partial charge in [0.15, 0.2) is 0 Å². The minimum absolute atomic E-state index is 0.0700. The summed E-state index contributed by atoms with van der Waals surface area (Å²) in [6.45, 7) is 4.64. The van der Waals surface area contributed by atoms with Crippen LogP contribution in [0.2, 0.25) is 0 Å². The van der Waals surface area contributed by atoms with Gasteiger partial charge in [0.05, 0.1) is 11.4 Å². The van der Waals surface area contributed by atoms with Crippen LogP contribution in [0.5, 0.6) is 0 Å². The number of aromatic nitrogens is 2. The van der Waals surface area contributed by atoms with Crippen LogP contribution in [-0.4, -0.2) is 43.6 Å². The number of hydrogen-bond donors (Lipinski definition) is 1. The van der Waals surface area contributed by atoms with E-state index in [4.69, 9.17) is 9.47 Å². The Labute approximate surface area is 203 Å². The van der Waals surface area contributed by atoms with E-state index in [0.29, 0.717) is 5.69 Å². The molecule has 0 saturated carbocycles. The molecule has 0 aliphatic rings. The number of rotatable bonds is 10. The van der Waals surface area contributed by atoms with Crippen LogP contribution in [-0.2, 0) is 30.9 Å². The molecule has 0 fully saturated rings. The second kappa shape index (κ2) is 11.7. The topological polar surface area (TPSA) is 128 Å². The Morgan fingerprint density at radius 2 is 1.63 bits per heavy atom. The molecule has 35 heavy (non-hydrogen) atoms. The summed E-state index contributed by atoms with van der Waals surface area (Å²) in [5, 5.41) is 2.55. The van der Waals surface area contributed by atoms with Gasteiger partial charge in [-0.2, -0.15) is 0 Å². The summed E-state index contributed by atoms with van der Waals surface area (Å²) in [5.41, 5.74) is 1.38. The number of benzene rings is 2. The van der Waals surface area contributed by atoms with Gasteiger partial charge < -0.3 is 9.47 Å². The first-order valence-electron chi connectivity index (χ1n) is 10.5. The van der Waals surface area contributed by atoms with Crippen LogP contribution in [0.15, 0.2) is 90.1 Å². The minimum Gasteiger partial charge on any atom is -0.460 e. The van der Waals surface area contributed by atoms with Crippen LogP contribution >= 0.6 is 0 Å². The molecule has 1 amide bonds. The van der Waals surface area contributed by atoms with E-state index in [0.717, 1.165) is 9.87 Å². The van der Waals surface area contributed by atoms with Crippen molar-refractivity contribution in [2.24, 2.45) is 0 Å². The lowest BCUT2D eigenvalue weighted by atomic mass is 10.2. The zero-order valence-corrected chi connectivity index (χ0v) is 19.8. The summed E-state index contributed by atoms with van der Waals surface area (Å²) >= 11 is 0. The summed E-state index contributed by atoms with van der Waals surface area (Å²) in [4.78, 5) is 31.7. The number of amides is 1. The molecule has 0 aliphatic carbocycles. The normalized spacial score (nSPS) is 10.8. The SMILES string of the molecule is C=C(C)C(=O)OCCN(c1ncccn1)S(=O)(=O)c1ccc(NC(=O)OCc2ccccc2)cc1. The molecule has 3 aromatic rings. The van der Waals surface area contributed by atoms with Gasteiger partial charge in [-0.15, -0.1) is 0 Å². The van der Waals surface area contributed by atoms with Crippen molar-refractivity contribution in [2.45, 2.75) is 18.4 Å². The van der Waals surface area contributed by atoms with Gasteiger partial charge in [0.25, 0.3) is 10.0 Å². The molecule has 3 rings (SSSR count). The number of esters is 1. The van der Waals surface area contributed by atoms with Crippen molar-refractivity contribution in [1.82, 2.24) is 9.97 Å². The molecule has 0 bridgehead atoms. The Hall–Kier alpha value is -4.25. The van der Waals surface area contributed by atoms with Gasteiger partial charge in [0, 0.05) is 23.7 Å². The van der Waals surface area contributed by atoms with Crippen molar-refractivity contribution in [3.8, 4) is 0 Å². The van der Waals surface area contributed by atoms with Crippen LogP contribution in [0.4, 0.5) is 16.4 Å². The molecule has 0 aliphatic heterocycles. The maximum atomic E-state index is 13.3. The fraction of sp³-hybridized carbons (Fsp3) is 0.167. The molecule has 0 atom stereocenters. The van der Waals surface area contributed by atoms with Crippen molar-refractivity contribution in [3.63, 3.8) is 0 Å². The second-order valence-corrected chi connectivity index (χ2v) is 9.12. The minimum atomic E-state index is -4.11. The summed E-state index contributed by atoms with van der Waals surface area (Å²) in [6.07, 6.45) is 2.13. The Morgan fingerprint density at radius 1 is 0.971 bits per heavy atom. The number of hydrogen-bond acceptors (Lipinski definition) is 8. The van der Waals surface area contributed by atoms with Crippen molar-refractivity contribution in [1.29, 1.82) is 0 Å². The molecular formula is C24H24N4O6S. The van der Waals surface area contributed by atoms with Crippen molar-refractivity contribution in [2.75, 3.05) is 22.8 Å². The third-order valence-electron chi connectivity index (χ3n) is 4.55. The largest absolute Gasteiger partial charge is 0.460 e. The van der Waals surface area contributed by atoms with Gasteiger partial charge in [0.2, 0.25) is 5.95 Å². The zero-order chi connectivity index (χ0) is 25.3. The highest BCUT2D eigenvalue weighted by atomic mass is 32.2. The van der Waals surface area contributed by atoms with E-state index >= 15 is 0 Å². The van der Waals surface area contributed by atoms with E-state index in [1.807, 2.05) is 30.3 Å².